The summed E-state index contributed by atoms with van der Waals surface area (Å²) in [7, 11) is 0. The first-order valence-corrected chi connectivity index (χ1v) is 22.3. The van der Waals surface area contributed by atoms with E-state index in [0.717, 1.165) is 0 Å². The van der Waals surface area contributed by atoms with Gasteiger partial charge in [0, 0.05) is 26.2 Å². The number of amides is 8. The number of carboxylic acids is 2. The van der Waals surface area contributed by atoms with Gasteiger partial charge >= 0.3 is 11.9 Å². The van der Waals surface area contributed by atoms with Crippen molar-refractivity contribution in [1.82, 2.24) is 37.2 Å². The van der Waals surface area contributed by atoms with Gasteiger partial charge in [0.15, 0.2) is 0 Å². The number of hydrogen-bond acceptors (Lipinski definition) is 11. The van der Waals surface area contributed by atoms with E-state index in [2.05, 4.69) is 37.2 Å². The number of primary amides is 1. The number of benzene rings is 2. The second kappa shape index (κ2) is 28.9. The summed E-state index contributed by atoms with van der Waals surface area (Å²) in [6.07, 6.45) is -0.831. The number of rotatable bonds is 30. The van der Waals surface area contributed by atoms with E-state index in [9.17, 15) is 58.2 Å². The van der Waals surface area contributed by atoms with Gasteiger partial charge in [0.05, 0.1) is 6.42 Å². The van der Waals surface area contributed by atoms with Crippen molar-refractivity contribution in [3.63, 3.8) is 0 Å². The normalized spacial score (nSPS) is 14.6. The molecular formula is C46H67N9O12. The lowest BCUT2D eigenvalue weighted by atomic mass is 9.98. The van der Waals surface area contributed by atoms with Gasteiger partial charge in [0.2, 0.25) is 47.3 Å². The van der Waals surface area contributed by atoms with E-state index in [1.807, 2.05) is 0 Å². The number of aliphatic carboxylic acids is 2. The lowest BCUT2D eigenvalue weighted by Crippen LogP contribution is -2.61. The molecule has 0 radical (unpaired) electrons. The molecule has 0 spiro atoms. The van der Waals surface area contributed by atoms with E-state index in [4.69, 9.17) is 11.5 Å². The first-order valence-electron chi connectivity index (χ1n) is 22.3. The van der Waals surface area contributed by atoms with Gasteiger partial charge < -0.3 is 58.9 Å². The zero-order valence-electron chi connectivity index (χ0n) is 38.7. The maximum atomic E-state index is 14.4. The van der Waals surface area contributed by atoms with Gasteiger partial charge in [-0.05, 0) is 55.2 Å². The Morgan fingerprint density at radius 1 is 0.552 bits per heavy atom. The molecule has 0 aliphatic rings. The first kappa shape index (κ1) is 56.2. The van der Waals surface area contributed by atoms with E-state index >= 15 is 0 Å². The third-order valence-corrected chi connectivity index (χ3v) is 10.8. The van der Waals surface area contributed by atoms with Gasteiger partial charge in [0.1, 0.15) is 42.3 Å². The minimum absolute atomic E-state index is 0.0885. The van der Waals surface area contributed by atoms with E-state index < -0.39 is 127 Å². The van der Waals surface area contributed by atoms with E-state index in [1.54, 1.807) is 88.4 Å². The SMILES string of the molecule is CC[C@H](C)[C@H](NC(=O)[C@H](CC(N)=O)NC(=O)[C@H](CCC(=O)O)NC(=O)[C@H](Cc1ccccc1)NC(=O)[C@H](Cc1ccccc1)NC(=O)[C@H](CCCCN)NC(=O)[C@@H](NC(C)=O)C(C)C)C(=O)O. The quantitative estimate of drug-likeness (QED) is 0.0443. The fraction of sp³-hybridized carbons (Fsp3) is 0.522. The third-order valence-electron chi connectivity index (χ3n) is 10.8. The van der Waals surface area contributed by atoms with Crippen LogP contribution in [0.4, 0.5) is 0 Å². The van der Waals surface area contributed by atoms with Gasteiger partial charge in [0.25, 0.3) is 0 Å². The Kier molecular flexibility index (Phi) is 24.2. The number of nitrogens with one attached hydrogen (secondary N) is 7. The number of unbranched alkanes of at least 4 members (excludes halogenated alkanes) is 1. The first-order chi connectivity index (χ1) is 31.7. The average Bonchev–Trinajstić information content (AvgIpc) is 3.27. The predicted octanol–water partition coefficient (Wildman–Crippen LogP) is -0.459. The fourth-order valence-corrected chi connectivity index (χ4v) is 6.87. The summed E-state index contributed by atoms with van der Waals surface area (Å²) in [4.78, 5) is 131. The van der Waals surface area contributed by atoms with Crippen molar-refractivity contribution in [2.24, 2.45) is 23.3 Å². The largest absolute Gasteiger partial charge is 0.481 e. The molecule has 0 fully saturated rings. The number of nitrogens with two attached hydrogens (primary N) is 2. The number of carbonyl (C=O) groups excluding carboxylic acids is 8. The van der Waals surface area contributed by atoms with Gasteiger partial charge in [-0.3, -0.25) is 43.2 Å². The molecule has 368 valence electrons. The Bertz CT molecular complexity index is 2000. The van der Waals surface area contributed by atoms with Crippen LogP contribution in [-0.4, -0.2) is 118 Å². The van der Waals surface area contributed by atoms with Crippen molar-refractivity contribution >= 4 is 59.2 Å². The summed E-state index contributed by atoms with van der Waals surface area (Å²) in [5, 5.41) is 37.0. The Labute approximate surface area is 390 Å². The Morgan fingerprint density at radius 2 is 0.985 bits per heavy atom. The second-order valence-electron chi connectivity index (χ2n) is 16.7. The average molecular weight is 938 g/mol. The van der Waals surface area contributed by atoms with Gasteiger partial charge in [-0.15, -0.1) is 0 Å². The van der Waals surface area contributed by atoms with Gasteiger partial charge in [-0.25, -0.2) is 4.79 Å². The summed E-state index contributed by atoms with van der Waals surface area (Å²) in [6.45, 7) is 8.28. The van der Waals surface area contributed by atoms with Crippen molar-refractivity contribution in [2.45, 2.75) is 135 Å². The van der Waals surface area contributed by atoms with Crippen LogP contribution in [0.25, 0.3) is 0 Å². The van der Waals surface area contributed by atoms with Crippen molar-refractivity contribution in [3.05, 3.63) is 71.8 Å². The maximum absolute atomic E-state index is 14.4. The molecule has 0 aromatic heterocycles. The molecule has 0 aliphatic heterocycles. The fourth-order valence-electron chi connectivity index (χ4n) is 6.87. The minimum Gasteiger partial charge on any atom is -0.481 e. The molecule has 67 heavy (non-hydrogen) atoms. The number of carbonyl (C=O) groups is 10. The molecule has 0 heterocycles. The molecule has 0 saturated carbocycles. The number of hydrogen-bond donors (Lipinski definition) is 11. The van der Waals surface area contributed by atoms with Crippen molar-refractivity contribution in [1.29, 1.82) is 0 Å². The highest BCUT2D eigenvalue weighted by Gasteiger charge is 2.36. The van der Waals surface area contributed by atoms with Crippen LogP contribution in [0, 0.1) is 11.8 Å². The van der Waals surface area contributed by atoms with Crippen molar-refractivity contribution in [3.8, 4) is 0 Å². The summed E-state index contributed by atoms with van der Waals surface area (Å²) in [5.41, 5.74) is 12.2. The van der Waals surface area contributed by atoms with Crippen molar-refractivity contribution < 1.29 is 58.2 Å². The molecule has 0 unspecified atom stereocenters. The molecule has 0 aliphatic carbocycles. The minimum atomic E-state index is -1.73. The van der Waals surface area contributed by atoms with Crippen LogP contribution in [0.5, 0.6) is 0 Å². The Morgan fingerprint density at radius 3 is 1.40 bits per heavy atom. The van der Waals surface area contributed by atoms with Gasteiger partial charge in [-0.1, -0.05) is 94.8 Å². The molecule has 2 aromatic carbocycles. The molecule has 0 saturated heterocycles. The number of carboxylic acid groups (broad SMARTS) is 2. The Balaban J connectivity index is 2.55. The Hall–Kier alpha value is -6.90. The zero-order valence-corrected chi connectivity index (χ0v) is 38.7. The van der Waals surface area contributed by atoms with Crippen LogP contribution in [0.3, 0.4) is 0 Å². The van der Waals surface area contributed by atoms with Crippen molar-refractivity contribution in [2.75, 3.05) is 6.54 Å². The van der Waals surface area contributed by atoms with Crippen LogP contribution >= 0.6 is 0 Å². The summed E-state index contributed by atoms with van der Waals surface area (Å²) in [6, 6.07) is 7.22. The van der Waals surface area contributed by atoms with Crippen LogP contribution in [0.1, 0.15) is 90.7 Å². The van der Waals surface area contributed by atoms with E-state index in [0.29, 0.717) is 36.9 Å². The van der Waals surface area contributed by atoms with E-state index in [-0.39, 0.29) is 25.2 Å². The predicted molar refractivity (Wildman–Crippen MR) is 245 cm³/mol. The smallest absolute Gasteiger partial charge is 0.326 e. The van der Waals surface area contributed by atoms with Crippen LogP contribution < -0.4 is 48.7 Å². The topological polar surface area (TPSA) is 347 Å². The molecule has 21 nitrogen and oxygen atoms in total. The standard InChI is InChI=1S/C46H67N9O12/c1-6-27(4)39(46(66)67)55-44(64)35(25-36(48)57)54-41(61)32(20-21-37(58)59)50-42(62)33(23-29-15-9-7-10-16-29)53-43(63)34(24-30-17-11-8-12-18-30)52-40(60)31(19-13-14-22-47)51-45(65)38(26(2)3)49-28(5)56/h7-12,15-18,26-27,31-35,38-39H,6,13-14,19-25,47H2,1-5H3,(H2,48,57)(H,49,56)(H,50,62)(H,51,65)(H,52,60)(H,53,63)(H,54,61)(H,55,64)(H,58,59)(H,66,67)/t27-,31-,32-,33-,34-,35-,38-,39-/m0/s1. The molecule has 0 bridgehead atoms. The molecule has 13 N–H and O–H groups in total. The van der Waals surface area contributed by atoms with Crippen LogP contribution in [0.15, 0.2) is 60.7 Å². The monoisotopic (exact) mass is 937 g/mol. The highest BCUT2D eigenvalue weighted by atomic mass is 16.4. The van der Waals surface area contributed by atoms with E-state index in [1.165, 1.54) is 6.92 Å². The molecule has 8 atom stereocenters. The molecule has 2 aromatic rings. The molecule has 8 amide bonds. The molecule has 21 heteroatoms. The highest BCUT2D eigenvalue weighted by Crippen LogP contribution is 2.13. The highest BCUT2D eigenvalue weighted by molar-refractivity contribution is 5.98. The lowest BCUT2D eigenvalue weighted by Gasteiger charge is -2.28. The second-order valence-corrected chi connectivity index (χ2v) is 16.7. The molecular weight excluding hydrogens is 871 g/mol. The molecule has 2 rings (SSSR count). The summed E-state index contributed by atoms with van der Waals surface area (Å²) in [5.74, 6) is -10.5. The zero-order chi connectivity index (χ0) is 50.2. The van der Waals surface area contributed by atoms with Crippen LogP contribution in [-0.2, 0) is 60.8 Å². The van der Waals surface area contributed by atoms with Gasteiger partial charge in [-0.2, -0.15) is 0 Å². The maximum Gasteiger partial charge on any atom is 0.326 e. The summed E-state index contributed by atoms with van der Waals surface area (Å²) < 4.78 is 0. The summed E-state index contributed by atoms with van der Waals surface area (Å²) >= 11 is 0. The van der Waals surface area contributed by atoms with Crippen LogP contribution in [0.2, 0.25) is 0 Å². The lowest BCUT2D eigenvalue weighted by molar-refractivity contribution is -0.144. The third kappa shape index (κ3) is 20.4.